The van der Waals surface area contributed by atoms with Gasteiger partial charge in [-0.1, -0.05) is 49.4 Å². The zero-order valence-corrected chi connectivity index (χ0v) is 24.5. The third kappa shape index (κ3) is 9.01. The van der Waals surface area contributed by atoms with Crippen LogP contribution in [0.4, 0.5) is 0 Å². The third-order valence-corrected chi connectivity index (χ3v) is 4.89. The summed E-state index contributed by atoms with van der Waals surface area (Å²) in [6.45, 7) is 5.19. The van der Waals surface area contributed by atoms with Crippen LogP contribution in [0.3, 0.4) is 0 Å². The summed E-state index contributed by atoms with van der Waals surface area (Å²) in [7, 11) is 0. The molecule has 0 spiro atoms. The zero-order chi connectivity index (χ0) is 21.9. The molecule has 6 aromatic rings. The van der Waals surface area contributed by atoms with Gasteiger partial charge in [0.1, 0.15) is 0 Å². The van der Waals surface area contributed by atoms with E-state index in [4.69, 9.17) is 0 Å². The van der Waals surface area contributed by atoms with E-state index in [-0.39, 0.29) is 32.2 Å². The summed E-state index contributed by atoms with van der Waals surface area (Å²) < 4.78 is 0. The van der Waals surface area contributed by atoms with Crippen LogP contribution in [0.5, 0.6) is 0 Å². The number of fused-ring (bicyclic) bond motifs is 4. The molecule has 0 N–H and O–H groups in total. The van der Waals surface area contributed by atoms with Gasteiger partial charge in [0.25, 0.3) is 0 Å². The van der Waals surface area contributed by atoms with Crippen LogP contribution in [0, 0.1) is 20.4 Å². The van der Waals surface area contributed by atoms with Crippen LogP contribution in [0.2, 0.25) is 0 Å². The van der Waals surface area contributed by atoms with Crippen LogP contribution in [0.15, 0.2) is 121 Å². The van der Waals surface area contributed by atoms with Crippen LogP contribution in [0.1, 0.15) is 5.56 Å². The van der Waals surface area contributed by atoms with E-state index in [2.05, 4.69) is 111 Å². The molecule has 0 bridgehead atoms. The first-order chi connectivity index (χ1) is 15.3. The van der Waals surface area contributed by atoms with Crippen molar-refractivity contribution in [2.24, 2.45) is 0 Å². The normalized spacial score (nSPS) is 8.82. The van der Waals surface area contributed by atoms with Crippen LogP contribution < -0.4 is 0 Å². The van der Waals surface area contributed by atoms with Crippen LogP contribution in [-0.2, 0) is 23.3 Å². The van der Waals surface area contributed by atoms with Crippen molar-refractivity contribution in [1.29, 1.82) is 0 Å². The largest absolute Gasteiger partial charge is 0.184 e. The summed E-state index contributed by atoms with van der Waals surface area (Å²) in [5.74, 6) is 0. The molecule has 0 saturated carbocycles. The van der Waals surface area contributed by atoms with E-state index in [9.17, 15) is 0 Å². The van der Waals surface area contributed by atoms with E-state index in [0.29, 0.717) is 0 Å². The number of benzene rings is 4. The number of hydrogen-bond acceptors (Lipinski definition) is 0. The standard InChI is InChI=1S/C13H9.C10H9.C6H5.CH3.2ClH.Si.Zr/c1-3-7-12-10(5-1)9-11-6-2-4-8-13(11)12;1-8-6-9-4-2-3-5-10(9)7-8;1-2-4-6-5-3-1;;;;;/h1-9H;2-7H,1H3;1-5H;1H3;2*1H;;/q4*-1;;;;. The maximum atomic E-state index is 3.06. The predicted molar refractivity (Wildman–Crippen MR) is 153 cm³/mol. The maximum Gasteiger partial charge on any atom is -0.0771 e. The fraction of sp³-hybridized carbons (Fsp3) is 0.0333. The van der Waals surface area contributed by atoms with Gasteiger partial charge in [-0.15, -0.1) is 105 Å². The molecule has 6 rings (SSSR count). The van der Waals surface area contributed by atoms with Crippen molar-refractivity contribution in [2.45, 2.75) is 6.92 Å². The molecule has 174 valence electrons. The SMILES string of the molecule is Cc1cc2ccccc2[cH-]1.Cl.Cl.[CH3-].[Si]=[Zr].[c-]1ccccc1.c1ccc2c(c1)[cH-]c1ccccc12. The Hall–Kier alpha value is -1.96. The van der Waals surface area contributed by atoms with Crippen molar-refractivity contribution in [3.63, 3.8) is 0 Å². The van der Waals surface area contributed by atoms with E-state index < -0.39 is 0 Å². The monoisotopic (exact) mass is 576 g/mol. The van der Waals surface area contributed by atoms with Crippen molar-refractivity contribution in [3.8, 4) is 0 Å². The minimum atomic E-state index is 0. The van der Waals surface area contributed by atoms with Gasteiger partial charge in [0.05, 0.1) is 0 Å². The molecule has 0 saturated heterocycles. The van der Waals surface area contributed by atoms with Gasteiger partial charge in [-0.2, -0.15) is 42.5 Å². The van der Waals surface area contributed by atoms with Crippen LogP contribution in [0.25, 0.3) is 32.3 Å². The first-order valence-corrected chi connectivity index (χ1v) is 14.3. The number of aryl methyl sites for hydroxylation is 1. The molecule has 34 heavy (non-hydrogen) atoms. The molecule has 0 aliphatic carbocycles. The second kappa shape index (κ2) is 17.5. The van der Waals surface area contributed by atoms with Gasteiger partial charge < -0.3 is 7.43 Å². The Morgan fingerprint density at radius 3 is 1.53 bits per heavy atom. The number of halogens is 2. The Labute approximate surface area is 233 Å². The van der Waals surface area contributed by atoms with Crippen molar-refractivity contribution < 1.29 is 23.3 Å². The summed E-state index contributed by atoms with van der Waals surface area (Å²) in [5.41, 5.74) is 1.35. The molecule has 0 atom stereocenters. The molecule has 0 aliphatic heterocycles. The van der Waals surface area contributed by atoms with E-state index in [1.165, 1.54) is 61.2 Å². The van der Waals surface area contributed by atoms with Gasteiger partial charge in [-0.3, -0.25) is 0 Å². The minimum absolute atomic E-state index is 0. The minimum Gasteiger partial charge on any atom is -0.184 e. The van der Waals surface area contributed by atoms with Gasteiger partial charge in [0, 0.05) is 0 Å². The molecular formula is C30H28Cl2SiZr-4. The Morgan fingerprint density at radius 1 is 0.618 bits per heavy atom. The molecule has 6 aromatic carbocycles. The fourth-order valence-electron chi connectivity index (χ4n) is 3.55. The van der Waals surface area contributed by atoms with Crippen molar-refractivity contribution in [1.82, 2.24) is 0 Å². The van der Waals surface area contributed by atoms with E-state index in [1.54, 1.807) is 0 Å². The maximum absolute atomic E-state index is 3.06. The van der Waals surface area contributed by atoms with Crippen molar-refractivity contribution >= 4 is 64.0 Å². The van der Waals surface area contributed by atoms with E-state index in [0.717, 1.165) is 0 Å². The average molecular weight is 579 g/mol. The molecule has 0 aliphatic rings. The first-order valence-electron chi connectivity index (χ1n) is 10.1. The predicted octanol–water partition coefficient (Wildman–Crippen LogP) is 8.98. The molecule has 4 heteroatoms. The summed E-state index contributed by atoms with van der Waals surface area (Å²) in [6.07, 6.45) is 0. The Kier molecular flexibility index (Phi) is 16.5. The molecule has 2 radical (unpaired) electrons. The first kappa shape index (κ1) is 32.0. The molecule has 0 amide bonds. The second-order valence-corrected chi connectivity index (χ2v) is 7.06. The summed E-state index contributed by atoms with van der Waals surface area (Å²) in [6, 6.07) is 44.6. The van der Waals surface area contributed by atoms with Crippen LogP contribution >= 0.6 is 24.8 Å². The summed E-state index contributed by atoms with van der Waals surface area (Å²) >= 11 is 1.36. The van der Waals surface area contributed by atoms with Gasteiger partial charge in [0.2, 0.25) is 0 Å². The Balaban J connectivity index is 0.000000468. The Bertz CT molecular complexity index is 1230. The average Bonchev–Trinajstić information content (AvgIpc) is 3.42. The Morgan fingerprint density at radius 2 is 1.09 bits per heavy atom. The van der Waals surface area contributed by atoms with Gasteiger partial charge in [-0.25, -0.2) is 0 Å². The number of hydrogen-bond donors (Lipinski definition) is 0. The second-order valence-electron chi connectivity index (χ2n) is 7.06. The summed E-state index contributed by atoms with van der Waals surface area (Å²) in [5, 5.41) is 8.09. The van der Waals surface area contributed by atoms with Crippen molar-refractivity contribution in [2.75, 3.05) is 0 Å². The van der Waals surface area contributed by atoms with Gasteiger partial charge in [-0.05, 0) is 0 Å². The topological polar surface area (TPSA) is 0 Å². The summed E-state index contributed by atoms with van der Waals surface area (Å²) in [4.78, 5) is 0. The third-order valence-electron chi connectivity index (χ3n) is 4.89. The molecule has 0 heterocycles. The zero-order valence-electron chi connectivity index (χ0n) is 19.4. The smallest absolute Gasteiger partial charge is 0.0771 e. The van der Waals surface area contributed by atoms with Gasteiger partial charge in [0.15, 0.2) is 0 Å². The van der Waals surface area contributed by atoms with Crippen LogP contribution in [-0.4, -0.2) is 6.88 Å². The quantitative estimate of drug-likeness (QED) is 0.125. The van der Waals surface area contributed by atoms with E-state index in [1.807, 2.05) is 30.3 Å². The molecule has 0 aromatic heterocycles. The molecule has 0 unspecified atom stereocenters. The molecule has 0 nitrogen and oxygen atoms in total. The van der Waals surface area contributed by atoms with E-state index >= 15 is 0 Å². The molecule has 0 fully saturated rings. The number of rotatable bonds is 0. The molecular weight excluding hydrogens is 551 g/mol. The fourth-order valence-corrected chi connectivity index (χ4v) is 3.55. The van der Waals surface area contributed by atoms with Gasteiger partial charge >= 0.3 is 30.2 Å². The van der Waals surface area contributed by atoms with Crippen molar-refractivity contribution in [3.05, 3.63) is 140 Å².